The second-order valence-electron chi connectivity index (χ2n) is 5.70. The van der Waals surface area contributed by atoms with E-state index in [-0.39, 0.29) is 31.2 Å². The molecule has 9 heteroatoms. The van der Waals surface area contributed by atoms with Crippen molar-refractivity contribution >= 4 is 34.3 Å². The van der Waals surface area contributed by atoms with Gasteiger partial charge in [-0.25, -0.2) is 9.78 Å². The van der Waals surface area contributed by atoms with Gasteiger partial charge in [0.15, 0.2) is 5.13 Å². The number of thiazole rings is 1. The number of aromatic nitrogens is 1. The molecule has 1 saturated heterocycles. The van der Waals surface area contributed by atoms with Crippen LogP contribution in [0.3, 0.4) is 0 Å². The number of benzene rings is 1. The van der Waals surface area contributed by atoms with Gasteiger partial charge in [-0.05, 0) is 24.1 Å². The van der Waals surface area contributed by atoms with Crippen molar-refractivity contribution in [3.63, 3.8) is 0 Å². The van der Waals surface area contributed by atoms with E-state index in [2.05, 4.69) is 15.6 Å². The maximum absolute atomic E-state index is 12.4. The summed E-state index contributed by atoms with van der Waals surface area (Å²) in [6, 6.07) is 6.00. The zero-order chi connectivity index (χ0) is 18.5. The van der Waals surface area contributed by atoms with Crippen LogP contribution in [0.1, 0.15) is 18.4 Å². The number of methoxy groups -OCH3 is 1. The summed E-state index contributed by atoms with van der Waals surface area (Å²) in [5, 5.41) is 7.55. The van der Waals surface area contributed by atoms with Crippen LogP contribution in [-0.4, -0.2) is 40.9 Å². The van der Waals surface area contributed by atoms with Crippen LogP contribution < -0.4 is 15.4 Å². The van der Waals surface area contributed by atoms with Gasteiger partial charge in [-0.3, -0.25) is 14.5 Å². The zero-order valence-corrected chi connectivity index (χ0v) is 14.9. The highest BCUT2D eigenvalue weighted by atomic mass is 32.1. The fourth-order valence-corrected chi connectivity index (χ4v) is 3.12. The summed E-state index contributed by atoms with van der Waals surface area (Å²) in [5.41, 5.74) is 0.816. The third-order valence-electron chi connectivity index (χ3n) is 3.95. The molecule has 0 aliphatic carbocycles. The fraction of sp³-hybridized carbons (Fsp3) is 0.294. The van der Waals surface area contributed by atoms with Crippen molar-refractivity contribution in [2.24, 2.45) is 0 Å². The van der Waals surface area contributed by atoms with Gasteiger partial charge in [0.05, 0.1) is 13.7 Å². The van der Waals surface area contributed by atoms with Crippen LogP contribution in [0.5, 0.6) is 5.75 Å². The molecule has 1 unspecified atom stereocenters. The van der Waals surface area contributed by atoms with Crippen molar-refractivity contribution in [3.8, 4) is 5.75 Å². The van der Waals surface area contributed by atoms with Gasteiger partial charge in [-0.1, -0.05) is 12.1 Å². The first-order chi connectivity index (χ1) is 12.6. The highest BCUT2D eigenvalue weighted by Crippen LogP contribution is 2.18. The number of amides is 4. The zero-order valence-electron chi connectivity index (χ0n) is 14.1. The lowest BCUT2D eigenvalue weighted by molar-refractivity contribution is -0.128. The van der Waals surface area contributed by atoms with Gasteiger partial charge in [0, 0.05) is 18.0 Å². The molecule has 0 bridgehead atoms. The number of anilines is 1. The minimum atomic E-state index is -0.692. The van der Waals surface area contributed by atoms with Crippen LogP contribution in [-0.2, 0) is 16.1 Å². The molecule has 4 amide bonds. The van der Waals surface area contributed by atoms with Crippen molar-refractivity contribution in [2.45, 2.75) is 25.4 Å². The quantitative estimate of drug-likeness (QED) is 0.722. The van der Waals surface area contributed by atoms with E-state index in [9.17, 15) is 14.4 Å². The summed E-state index contributed by atoms with van der Waals surface area (Å²) in [7, 11) is 1.57. The molecule has 0 spiro atoms. The van der Waals surface area contributed by atoms with Crippen molar-refractivity contribution < 1.29 is 19.1 Å². The lowest BCUT2D eigenvalue weighted by Gasteiger charge is -2.13. The molecule has 1 fully saturated rings. The van der Waals surface area contributed by atoms with E-state index in [0.717, 1.165) is 10.5 Å². The van der Waals surface area contributed by atoms with Gasteiger partial charge >= 0.3 is 6.03 Å². The Morgan fingerprint density at radius 2 is 2.12 bits per heavy atom. The van der Waals surface area contributed by atoms with E-state index in [1.165, 1.54) is 11.3 Å². The molecule has 0 radical (unpaired) electrons. The highest BCUT2D eigenvalue weighted by Gasteiger charge is 2.37. The number of hydrogen-bond acceptors (Lipinski definition) is 6. The molecule has 1 aliphatic rings. The Labute approximate surface area is 154 Å². The second kappa shape index (κ2) is 7.96. The SMILES string of the molecule is COc1ccc(CN2C(=O)NC(CCC(=O)Nc3nccs3)C2=O)cc1. The number of nitrogens with zero attached hydrogens (tertiary/aromatic N) is 2. The average molecular weight is 374 g/mol. The van der Waals surface area contributed by atoms with E-state index in [1.807, 2.05) is 0 Å². The molecule has 2 aromatic rings. The number of rotatable bonds is 7. The number of carbonyl (C=O) groups excluding carboxylic acids is 3. The number of nitrogens with one attached hydrogen (secondary N) is 2. The third-order valence-corrected chi connectivity index (χ3v) is 4.63. The van der Waals surface area contributed by atoms with Crippen molar-refractivity contribution in [3.05, 3.63) is 41.4 Å². The summed E-state index contributed by atoms with van der Waals surface area (Å²) in [4.78, 5) is 41.6. The second-order valence-corrected chi connectivity index (χ2v) is 6.59. The van der Waals surface area contributed by atoms with E-state index in [0.29, 0.717) is 10.9 Å². The Bertz CT molecular complexity index is 792. The van der Waals surface area contributed by atoms with Crippen LogP contribution in [0, 0.1) is 0 Å². The predicted octanol–water partition coefficient (Wildman–Crippen LogP) is 1.99. The number of carbonyl (C=O) groups is 3. The van der Waals surface area contributed by atoms with Crippen LogP contribution in [0.15, 0.2) is 35.8 Å². The average Bonchev–Trinajstić information content (AvgIpc) is 3.24. The summed E-state index contributed by atoms with van der Waals surface area (Å²) < 4.78 is 5.09. The minimum Gasteiger partial charge on any atom is -0.497 e. The predicted molar refractivity (Wildman–Crippen MR) is 95.8 cm³/mol. The molecule has 8 nitrogen and oxygen atoms in total. The number of ether oxygens (including phenoxy) is 1. The molecule has 26 heavy (non-hydrogen) atoms. The summed E-state index contributed by atoms with van der Waals surface area (Å²) in [6.07, 6.45) is 1.95. The topological polar surface area (TPSA) is 101 Å². The van der Waals surface area contributed by atoms with E-state index >= 15 is 0 Å². The smallest absolute Gasteiger partial charge is 0.325 e. The molecule has 2 N–H and O–H groups in total. The van der Waals surface area contributed by atoms with Crippen molar-refractivity contribution in [1.82, 2.24) is 15.2 Å². The number of urea groups is 1. The number of hydrogen-bond donors (Lipinski definition) is 2. The standard InChI is InChI=1S/C17H18N4O4S/c1-25-12-4-2-11(3-5-12)10-21-15(23)13(19-17(21)24)6-7-14(22)20-16-18-8-9-26-16/h2-5,8-9,13H,6-7,10H2,1H3,(H,19,24)(H,18,20,22). The van der Waals surface area contributed by atoms with Gasteiger partial charge < -0.3 is 15.4 Å². The summed E-state index contributed by atoms with van der Waals surface area (Å²) >= 11 is 1.32. The number of imide groups is 1. The molecular weight excluding hydrogens is 356 g/mol. The first kappa shape index (κ1) is 17.9. The Morgan fingerprint density at radius 1 is 1.35 bits per heavy atom. The monoisotopic (exact) mass is 374 g/mol. The lowest BCUT2D eigenvalue weighted by atomic mass is 10.1. The van der Waals surface area contributed by atoms with Crippen LogP contribution in [0.4, 0.5) is 9.93 Å². The maximum atomic E-state index is 12.4. The van der Waals surface area contributed by atoms with E-state index in [4.69, 9.17) is 4.74 Å². The Kier molecular flexibility index (Phi) is 5.47. The molecule has 3 rings (SSSR count). The van der Waals surface area contributed by atoms with Gasteiger partial charge in [0.2, 0.25) is 5.91 Å². The van der Waals surface area contributed by atoms with Crippen LogP contribution >= 0.6 is 11.3 Å². The van der Waals surface area contributed by atoms with Crippen molar-refractivity contribution in [2.75, 3.05) is 12.4 Å². The normalized spacial score (nSPS) is 16.5. The molecule has 1 aliphatic heterocycles. The van der Waals surface area contributed by atoms with Gasteiger partial charge in [0.1, 0.15) is 11.8 Å². The molecule has 1 aromatic carbocycles. The molecule has 136 valence electrons. The Morgan fingerprint density at radius 3 is 2.77 bits per heavy atom. The lowest BCUT2D eigenvalue weighted by Crippen LogP contribution is -2.31. The largest absolute Gasteiger partial charge is 0.497 e. The minimum absolute atomic E-state index is 0.118. The van der Waals surface area contributed by atoms with Crippen molar-refractivity contribution in [1.29, 1.82) is 0 Å². The summed E-state index contributed by atoms with van der Waals surface area (Å²) in [5.74, 6) is 0.138. The molecule has 1 aromatic heterocycles. The molecule has 2 heterocycles. The first-order valence-electron chi connectivity index (χ1n) is 8.01. The molecular formula is C17H18N4O4S. The Hall–Kier alpha value is -2.94. The van der Waals surface area contributed by atoms with Gasteiger partial charge in [0.25, 0.3) is 5.91 Å². The third kappa shape index (κ3) is 4.17. The summed E-state index contributed by atoms with van der Waals surface area (Å²) in [6.45, 7) is 0.177. The molecule has 0 saturated carbocycles. The highest BCUT2D eigenvalue weighted by molar-refractivity contribution is 7.13. The van der Waals surface area contributed by atoms with Crippen LogP contribution in [0.25, 0.3) is 0 Å². The molecule has 1 atom stereocenters. The van der Waals surface area contributed by atoms with E-state index in [1.54, 1.807) is 43.0 Å². The Balaban J connectivity index is 1.53. The first-order valence-corrected chi connectivity index (χ1v) is 8.89. The maximum Gasteiger partial charge on any atom is 0.325 e. The van der Waals surface area contributed by atoms with Gasteiger partial charge in [-0.2, -0.15) is 0 Å². The van der Waals surface area contributed by atoms with Gasteiger partial charge in [-0.15, -0.1) is 11.3 Å². The van der Waals surface area contributed by atoms with Crippen LogP contribution in [0.2, 0.25) is 0 Å². The fourth-order valence-electron chi connectivity index (χ4n) is 2.58. The van der Waals surface area contributed by atoms with E-state index < -0.39 is 12.1 Å².